The van der Waals surface area contributed by atoms with E-state index in [9.17, 15) is 4.79 Å². The monoisotopic (exact) mass is 185 g/mol. The second-order valence-electron chi connectivity index (χ2n) is 2.80. The first kappa shape index (κ1) is 12.0. The molecule has 0 fully saturated rings. The van der Waals surface area contributed by atoms with Gasteiger partial charge in [-0.25, -0.2) is 4.79 Å². The van der Waals surface area contributed by atoms with Crippen LogP contribution in [0.1, 0.15) is 32.6 Å². The van der Waals surface area contributed by atoms with E-state index >= 15 is 0 Å². The van der Waals surface area contributed by atoms with E-state index in [1.54, 1.807) is 0 Å². The lowest BCUT2D eigenvalue weighted by Gasteiger charge is -2.11. The predicted octanol–water partition coefficient (Wildman–Crippen LogP) is 2.71. The standard InChI is InChI=1S/C10H17O3/c1-4-6-7-8-9(5-2)13-10(11)12-3/h2,5,9H,4,6-8H2,1,3H3. The van der Waals surface area contributed by atoms with E-state index in [0.717, 1.165) is 25.7 Å². The summed E-state index contributed by atoms with van der Waals surface area (Å²) < 4.78 is 9.21. The van der Waals surface area contributed by atoms with Gasteiger partial charge in [0.05, 0.1) is 7.11 Å². The van der Waals surface area contributed by atoms with Crippen LogP contribution in [0, 0.1) is 6.58 Å². The van der Waals surface area contributed by atoms with Crippen molar-refractivity contribution >= 4 is 6.16 Å². The molecule has 0 aliphatic rings. The third kappa shape index (κ3) is 6.20. The quantitative estimate of drug-likeness (QED) is 0.471. The molecule has 0 spiro atoms. The van der Waals surface area contributed by atoms with E-state index in [0.29, 0.717) is 0 Å². The summed E-state index contributed by atoms with van der Waals surface area (Å²) in [6, 6.07) is 0. The van der Waals surface area contributed by atoms with Gasteiger partial charge in [0.2, 0.25) is 0 Å². The van der Waals surface area contributed by atoms with Crippen molar-refractivity contribution in [1.82, 2.24) is 0 Å². The van der Waals surface area contributed by atoms with Gasteiger partial charge in [-0.3, -0.25) is 0 Å². The third-order valence-corrected chi connectivity index (χ3v) is 1.72. The Kier molecular flexibility index (Phi) is 7.07. The molecule has 0 bridgehead atoms. The summed E-state index contributed by atoms with van der Waals surface area (Å²) >= 11 is 0. The van der Waals surface area contributed by atoms with Crippen LogP contribution in [0.4, 0.5) is 4.79 Å². The molecule has 3 nitrogen and oxygen atoms in total. The highest BCUT2D eigenvalue weighted by molar-refractivity contribution is 5.59. The van der Waals surface area contributed by atoms with Crippen LogP contribution in [-0.4, -0.2) is 19.4 Å². The number of methoxy groups -OCH3 is 1. The highest BCUT2D eigenvalue weighted by Gasteiger charge is 2.09. The Labute approximate surface area is 79.7 Å². The molecule has 0 N–H and O–H groups in total. The lowest BCUT2D eigenvalue weighted by atomic mass is 10.1. The fourth-order valence-electron chi connectivity index (χ4n) is 0.962. The smallest absolute Gasteiger partial charge is 0.438 e. The molecular weight excluding hydrogens is 168 g/mol. The zero-order valence-corrected chi connectivity index (χ0v) is 8.29. The highest BCUT2D eigenvalue weighted by Crippen LogP contribution is 2.08. The lowest BCUT2D eigenvalue weighted by molar-refractivity contribution is 0.0492. The molecule has 75 valence electrons. The summed E-state index contributed by atoms with van der Waals surface area (Å²) in [5.41, 5.74) is 0. The van der Waals surface area contributed by atoms with Gasteiger partial charge in [-0.05, 0) is 18.9 Å². The van der Waals surface area contributed by atoms with Crippen molar-refractivity contribution in [3.05, 3.63) is 12.7 Å². The first-order valence-electron chi connectivity index (χ1n) is 4.54. The molecule has 0 rings (SSSR count). The Morgan fingerprint density at radius 3 is 2.69 bits per heavy atom. The summed E-state index contributed by atoms with van der Waals surface area (Å²) in [6.45, 7) is 7.41. The summed E-state index contributed by atoms with van der Waals surface area (Å²) in [4.78, 5) is 10.7. The summed E-state index contributed by atoms with van der Waals surface area (Å²) in [6.07, 6.45) is 4.41. The molecular formula is C10H17O3. The summed E-state index contributed by atoms with van der Waals surface area (Å²) in [5.74, 6) is 0. The predicted molar refractivity (Wildman–Crippen MR) is 50.3 cm³/mol. The average molecular weight is 185 g/mol. The van der Waals surface area contributed by atoms with Crippen molar-refractivity contribution in [2.45, 2.75) is 38.7 Å². The third-order valence-electron chi connectivity index (χ3n) is 1.72. The molecule has 0 aromatic rings. The molecule has 1 radical (unpaired) electrons. The minimum absolute atomic E-state index is 0.320. The number of unbranched alkanes of at least 4 members (excludes halogenated alkanes) is 2. The van der Waals surface area contributed by atoms with Gasteiger partial charge in [0, 0.05) is 0 Å². The van der Waals surface area contributed by atoms with Crippen molar-refractivity contribution in [3.8, 4) is 0 Å². The Bertz CT molecular complexity index is 154. The summed E-state index contributed by atoms with van der Waals surface area (Å²) in [7, 11) is 1.28. The van der Waals surface area contributed by atoms with Crippen molar-refractivity contribution < 1.29 is 14.3 Å². The van der Waals surface area contributed by atoms with Gasteiger partial charge in [0.1, 0.15) is 6.10 Å². The van der Waals surface area contributed by atoms with E-state index in [1.807, 2.05) is 0 Å². The van der Waals surface area contributed by atoms with Crippen LogP contribution in [0.15, 0.2) is 6.08 Å². The first-order valence-corrected chi connectivity index (χ1v) is 4.54. The Hall–Kier alpha value is -0.990. The molecule has 1 atom stereocenters. The molecule has 0 saturated heterocycles. The number of carbonyl (C=O) groups is 1. The van der Waals surface area contributed by atoms with Gasteiger partial charge in [0.15, 0.2) is 0 Å². The van der Waals surface area contributed by atoms with E-state index in [-0.39, 0.29) is 6.10 Å². The molecule has 0 aromatic heterocycles. The van der Waals surface area contributed by atoms with Crippen molar-refractivity contribution in [2.75, 3.05) is 7.11 Å². The number of hydrogen-bond acceptors (Lipinski definition) is 3. The molecule has 0 aliphatic carbocycles. The van der Waals surface area contributed by atoms with Crippen LogP contribution in [0.5, 0.6) is 0 Å². The van der Waals surface area contributed by atoms with E-state index in [2.05, 4.69) is 11.7 Å². The fourth-order valence-corrected chi connectivity index (χ4v) is 0.962. The van der Waals surface area contributed by atoms with Crippen LogP contribution in [-0.2, 0) is 9.47 Å². The number of rotatable bonds is 6. The van der Waals surface area contributed by atoms with Crippen LogP contribution >= 0.6 is 0 Å². The number of ether oxygens (including phenoxy) is 2. The van der Waals surface area contributed by atoms with Gasteiger partial charge in [-0.1, -0.05) is 26.3 Å². The van der Waals surface area contributed by atoms with Crippen LogP contribution in [0.2, 0.25) is 0 Å². The van der Waals surface area contributed by atoms with Gasteiger partial charge < -0.3 is 9.47 Å². The minimum atomic E-state index is -0.678. The molecule has 0 heterocycles. The van der Waals surface area contributed by atoms with E-state index in [4.69, 9.17) is 11.3 Å². The van der Waals surface area contributed by atoms with Gasteiger partial charge in [0.25, 0.3) is 0 Å². The zero-order chi connectivity index (χ0) is 10.1. The zero-order valence-electron chi connectivity index (χ0n) is 8.29. The Balaban J connectivity index is 3.62. The van der Waals surface area contributed by atoms with E-state index in [1.165, 1.54) is 13.2 Å². The largest absolute Gasteiger partial charge is 0.508 e. The maximum Gasteiger partial charge on any atom is 0.508 e. The summed E-state index contributed by atoms with van der Waals surface area (Å²) in [5, 5.41) is 0. The molecule has 0 saturated carbocycles. The molecule has 0 aliphatic heterocycles. The first-order chi connectivity index (χ1) is 6.24. The van der Waals surface area contributed by atoms with Gasteiger partial charge >= 0.3 is 6.16 Å². The number of hydrogen-bond donors (Lipinski definition) is 0. The molecule has 3 heteroatoms. The Morgan fingerprint density at radius 2 is 2.23 bits per heavy atom. The van der Waals surface area contributed by atoms with Crippen LogP contribution in [0.3, 0.4) is 0 Å². The van der Waals surface area contributed by atoms with Crippen LogP contribution in [0.25, 0.3) is 0 Å². The normalized spacial score (nSPS) is 11.8. The van der Waals surface area contributed by atoms with Crippen LogP contribution < -0.4 is 0 Å². The maximum atomic E-state index is 10.7. The average Bonchev–Trinajstić information content (AvgIpc) is 2.16. The maximum absolute atomic E-state index is 10.7. The van der Waals surface area contributed by atoms with Crippen molar-refractivity contribution in [2.24, 2.45) is 0 Å². The van der Waals surface area contributed by atoms with Crippen molar-refractivity contribution in [1.29, 1.82) is 0 Å². The van der Waals surface area contributed by atoms with Gasteiger partial charge in [-0.15, -0.1) is 0 Å². The SMILES string of the molecule is [CH]=CC(CCCCC)OC(=O)OC. The molecule has 1 unspecified atom stereocenters. The second-order valence-corrected chi connectivity index (χ2v) is 2.80. The fraction of sp³-hybridized carbons (Fsp3) is 0.700. The van der Waals surface area contributed by atoms with E-state index < -0.39 is 6.16 Å². The molecule has 0 aromatic carbocycles. The second kappa shape index (κ2) is 7.65. The minimum Gasteiger partial charge on any atom is -0.438 e. The van der Waals surface area contributed by atoms with Crippen molar-refractivity contribution in [3.63, 3.8) is 0 Å². The Morgan fingerprint density at radius 1 is 1.54 bits per heavy atom. The highest BCUT2D eigenvalue weighted by atomic mass is 16.7. The van der Waals surface area contributed by atoms with Gasteiger partial charge in [-0.2, -0.15) is 0 Å². The molecule has 0 amide bonds. The molecule has 13 heavy (non-hydrogen) atoms. The topological polar surface area (TPSA) is 35.5 Å². The lowest BCUT2D eigenvalue weighted by Crippen LogP contribution is -2.15. The number of carbonyl (C=O) groups excluding carboxylic acids is 1.